The molecule has 1 aromatic rings. The van der Waals surface area contributed by atoms with Gasteiger partial charge >= 0.3 is 0 Å². The molecule has 2 heteroatoms. The lowest BCUT2D eigenvalue weighted by atomic mass is 9.88. The molecule has 21 heavy (non-hydrogen) atoms. The van der Waals surface area contributed by atoms with Gasteiger partial charge in [0.1, 0.15) is 5.75 Å². The summed E-state index contributed by atoms with van der Waals surface area (Å²) in [7, 11) is 1.74. The Morgan fingerprint density at radius 2 is 2.00 bits per heavy atom. The molecule has 1 N–H and O–H groups in total. The molecule has 0 aliphatic carbocycles. The highest BCUT2D eigenvalue weighted by Crippen LogP contribution is 2.22. The number of nitrogens with one attached hydrogen (secondary N) is 1. The minimum absolute atomic E-state index is 0.713. The van der Waals surface area contributed by atoms with E-state index in [4.69, 9.17) is 4.74 Å². The Bertz CT molecular complexity index is 378. The SMILES string of the molecule is CCCNCC(Cc1cccc(OC)c1)CC(C)CCC. The van der Waals surface area contributed by atoms with Crippen LogP contribution < -0.4 is 10.1 Å². The Morgan fingerprint density at radius 1 is 1.19 bits per heavy atom. The first-order chi connectivity index (χ1) is 10.2. The summed E-state index contributed by atoms with van der Waals surface area (Å²) in [6, 6.07) is 8.52. The van der Waals surface area contributed by atoms with Crippen molar-refractivity contribution in [3.8, 4) is 5.75 Å². The van der Waals surface area contributed by atoms with Gasteiger partial charge in [0.05, 0.1) is 7.11 Å². The molecule has 0 radical (unpaired) electrons. The molecule has 2 atom stereocenters. The molecule has 2 unspecified atom stereocenters. The standard InChI is InChI=1S/C19H33NO/c1-5-8-16(3)12-18(15-20-11-6-2)13-17-9-7-10-19(14-17)21-4/h7,9-10,14,16,18,20H,5-6,8,11-13,15H2,1-4H3. The first kappa shape index (κ1) is 18.0. The van der Waals surface area contributed by atoms with Crippen molar-refractivity contribution in [2.45, 2.75) is 52.9 Å². The summed E-state index contributed by atoms with van der Waals surface area (Å²) in [5.74, 6) is 2.49. The topological polar surface area (TPSA) is 21.3 Å². The Balaban J connectivity index is 2.60. The molecule has 0 fully saturated rings. The Labute approximate surface area is 131 Å². The molecule has 0 aliphatic rings. The third-order valence-corrected chi connectivity index (χ3v) is 4.04. The van der Waals surface area contributed by atoms with Crippen LogP contribution in [0, 0.1) is 11.8 Å². The maximum Gasteiger partial charge on any atom is 0.119 e. The minimum Gasteiger partial charge on any atom is -0.497 e. The van der Waals surface area contributed by atoms with Crippen LogP contribution >= 0.6 is 0 Å². The molecule has 1 aromatic carbocycles. The maximum atomic E-state index is 5.34. The van der Waals surface area contributed by atoms with Crippen LogP contribution in [-0.2, 0) is 6.42 Å². The van der Waals surface area contributed by atoms with E-state index >= 15 is 0 Å². The zero-order valence-electron chi connectivity index (χ0n) is 14.3. The quantitative estimate of drug-likeness (QED) is 0.598. The summed E-state index contributed by atoms with van der Waals surface area (Å²) >= 11 is 0. The van der Waals surface area contributed by atoms with Gasteiger partial charge < -0.3 is 10.1 Å². The number of hydrogen-bond donors (Lipinski definition) is 1. The molecule has 0 bridgehead atoms. The molecule has 2 nitrogen and oxygen atoms in total. The zero-order valence-corrected chi connectivity index (χ0v) is 14.3. The zero-order chi connectivity index (χ0) is 15.5. The van der Waals surface area contributed by atoms with Gasteiger partial charge in [0.25, 0.3) is 0 Å². The van der Waals surface area contributed by atoms with Crippen molar-refractivity contribution in [1.82, 2.24) is 5.32 Å². The Kier molecular flexibility index (Phi) is 9.16. The summed E-state index contributed by atoms with van der Waals surface area (Å²) in [6.45, 7) is 9.14. The molecule has 0 heterocycles. The molecule has 0 spiro atoms. The predicted molar refractivity (Wildman–Crippen MR) is 92.0 cm³/mol. The number of rotatable bonds is 11. The van der Waals surface area contributed by atoms with E-state index < -0.39 is 0 Å². The van der Waals surface area contributed by atoms with Crippen molar-refractivity contribution in [3.05, 3.63) is 29.8 Å². The fourth-order valence-electron chi connectivity index (χ4n) is 3.03. The van der Waals surface area contributed by atoms with Gasteiger partial charge in [-0.1, -0.05) is 45.7 Å². The third kappa shape index (κ3) is 7.52. The fourth-order valence-corrected chi connectivity index (χ4v) is 3.03. The molecular formula is C19H33NO. The van der Waals surface area contributed by atoms with Gasteiger partial charge in [0, 0.05) is 0 Å². The van der Waals surface area contributed by atoms with Gasteiger partial charge in [-0.25, -0.2) is 0 Å². The molecule has 0 saturated carbocycles. The fraction of sp³-hybridized carbons (Fsp3) is 0.684. The van der Waals surface area contributed by atoms with Crippen LogP contribution in [0.3, 0.4) is 0 Å². The molecule has 120 valence electrons. The van der Waals surface area contributed by atoms with Crippen LogP contribution in [0.2, 0.25) is 0 Å². The highest BCUT2D eigenvalue weighted by molar-refractivity contribution is 5.28. The smallest absolute Gasteiger partial charge is 0.119 e. The van der Waals surface area contributed by atoms with E-state index in [0.29, 0.717) is 5.92 Å². The summed E-state index contributed by atoms with van der Waals surface area (Å²) in [5.41, 5.74) is 1.39. The lowest BCUT2D eigenvalue weighted by Crippen LogP contribution is -2.26. The highest BCUT2D eigenvalue weighted by Gasteiger charge is 2.14. The maximum absolute atomic E-state index is 5.34. The van der Waals surface area contributed by atoms with Gasteiger partial charge in [-0.05, 0) is 61.9 Å². The molecule has 0 amide bonds. The molecule has 0 aromatic heterocycles. The van der Waals surface area contributed by atoms with Crippen molar-refractivity contribution in [2.24, 2.45) is 11.8 Å². The highest BCUT2D eigenvalue weighted by atomic mass is 16.5. The first-order valence-corrected chi connectivity index (χ1v) is 8.53. The van der Waals surface area contributed by atoms with Crippen LogP contribution in [0.1, 0.15) is 52.0 Å². The normalized spacial score (nSPS) is 13.9. The average molecular weight is 291 g/mol. The van der Waals surface area contributed by atoms with Gasteiger partial charge in [-0.15, -0.1) is 0 Å². The van der Waals surface area contributed by atoms with E-state index in [-0.39, 0.29) is 0 Å². The van der Waals surface area contributed by atoms with E-state index in [1.165, 1.54) is 31.2 Å². The van der Waals surface area contributed by atoms with Crippen LogP contribution in [-0.4, -0.2) is 20.2 Å². The Morgan fingerprint density at radius 3 is 2.67 bits per heavy atom. The lowest BCUT2D eigenvalue weighted by molar-refractivity contribution is 0.353. The second-order valence-corrected chi connectivity index (χ2v) is 6.26. The van der Waals surface area contributed by atoms with Crippen LogP contribution in [0.15, 0.2) is 24.3 Å². The summed E-state index contributed by atoms with van der Waals surface area (Å²) in [5, 5.41) is 3.60. The number of hydrogen-bond acceptors (Lipinski definition) is 2. The van der Waals surface area contributed by atoms with Crippen molar-refractivity contribution in [2.75, 3.05) is 20.2 Å². The predicted octanol–water partition coefficient (Wildman–Crippen LogP) is 4.68. The average Bonchev–Trinajstić information content (AvgIpc) is 2.48. The summed E-state index contributed by atoms with van der Waals surface area (Å²) in [6.07, 6.45) is 6.28. The van der Waals surface area contributed by atoms with Crippen LogP contribution in [0.25, 0.3) is 0 Å². The first-order valence-electron chi connectivity index (χ1n) is 8.53. The molecular weight excluding hydrogens is 258 g/mol. The van der Waals surface area contributed by atoms with E-state index in [1.807, 2.05) is 6.07 Å². The second kappa shape index (κ2) is 10.7. The number of benzene rings is 1. The largest absolute Gasteiger partial charge is 0.497 e. The van der Waals surface area contributed by atoms with Crippen LogP contribution in [0.5, 0.6) is 5.75 Å². The Hall–Kier alpha value is -1.02. The summed E-state index contributed by atoms with van der Waals surface area (Å²) < 4.78 is 5.34. The third-order valence-electron chi connectivity index (χ3n) is 4.04. The van der Waals surface area contributed by atoms with Crippen molar-refractivity contribution >= 4 is 0 Å². The molecule has 1 rings (SSSR count). The van der Waals surface area contributed by atoms with E-state index in [0.717, 1.165) is 31.2 Å². The van der Waals surface area contributed by atoms with Crippen molar-refractivity contribution < 1.29 is 4.74 Å². The van der Waals surface area contributed by atoms with Crippen molar-refractivity contribution in [3.63, 3.8) is 0 Å². The van der Waals surface area contributed by atoms with Crippen LogP contribution in [0.4, 0.5) is 0 Å². The van der Waals surface area contributed by atoms with Gasteiger partial charge in [-0.3, -0.25) is 0 Å². The molecule has 0 aliphatic heterocycles. The van der Waals surface area contributed by atoms with Gasteiger partial charge in [0.2, 0.25) is 0 Å². The number of methoxy groups -OCH3 is 1. The van der Waals surface area contributed by atoms with Crippen molar-refractivity contribution in [1.29, 1.82) is 0 Å². The van der Waals surface area contributed by atoms with E-state index in [1.54, 1.807) is 7.11 Å². The van der Waals surface area contributed by atoms with E-state index in [9.17, 15) is 0 Å². The van der Waals surface area contributed by atoms with Gasteiger partial charge in [0.15, 0.2) is 0 Å². The van der Waals surface area contributed by atoms with E-state index in [2.05, 4.69) is 44.3 Å². The number of ether oxygens (including phenoxy) is 1. The molecule has 0 saturated heterocycles. The summed E-state index contributed by atoms with van der Waals surface area (Å²) in [4.78, 5) is 0. The monoisotopic (exact) mass is 291 g/mol. The minimum atomic E-state index is 0.713. The van der Waals surface area contributed by atoms with Gasteiger partial charge in [-0.2, -0.15) is 0 Å². The second-order valence-electron chi connectivity index (χ2n) is 6.26. The lowest BCUT2D eigenvalue weighted by Gasteiger charge is -2.22.